The van der Waals surface area contributed by atoms with E-state index in [1.54, 1.807) is 0 Å². The maximum Gasteiger partial charge on any atom is 0.273 e. The van der Waals surface area contributed by atoms with Crippen molar-refractivity contribution in [1.82, 2.24) is 15.5 Å². The number of nitrogens with two attached hydrogens (primary N) is 1. The van der Waals surface area contributed by atoms with Crippen LogP contribution in [0.25, 0.3) is 0 Å². The summed E-state index contributed by atoms with van der Waals surface area (Å²) in [4.78, 5) is 11.8. The van der Waals surface area contributed by atoms with Gasteiger partial charge in [-0.1, -0.05) is 27.7 Å². The van der Waals surface area contributed by atoms with Crippen LogP contribution in [0, 0.1) is 5.92 Å². The summed E-state index contributed by atoms with van der Waals surface area (Å²) in [5, 5.41) is 9.61. The number of aromatic nitrogens is 2. The molecule has 0 spiro atoms. The lowest BCUT2D eigenvalue weighted by Gasteiger charge is -2.06. The van der Waals surface area contributed by atoms with Gasteiger partial charge in [0.2, 0.25) is 0 Å². The first-order valence-electron chi connectivity index (χ1n) is 6.05. The van der Waals surface area contributed by atoms with Crippen LogP contribution in [0.3, 0.4) is 0 Å². The molecule has 5 nitrogen and oxygen atoms in total. The normalized spacial score (nSPS) is 11.2. The number of hydrogen-bond donors (Lipinski definition) is 3. The zero-order valence-corrected chi connectivity index (χ0v) is 11.0. The van der Waals surface area contributed by atoms with Crippen molar-refractivity contribution >= 4 is 11.6 Å². The molecule has 1 heterocycles. The summed E-state index contributed by atoms with van der Waals surface area (Å²) in [5.74, 6) is 0.601. The lowest BCUT2D eigenvalue weighted by atomic mass is 10.1. The maximum absolute atomic E-state index is 11.8. The van der Waals surface area contributed by atoms with Crippen LogP contribution >= 0.6 is 0 Å². The SMILES string of the molecule is CC(C)CCNC(=O)c1n[nH]c(C(C)C)c1N. The van der Waals surface area contributed by atoms with E-state index in [2.05, 4.69) is 29.4 Å². The van der Waals surface area contributed by atoms with Crippen LogP contribution in [-0.4, -0.2) is 22.6 Å². The van der Waals surface area contributed by atoms with Gasteiger partial charge in [0.15, 0.2) is 5.69 Å². The second-order valence-corrected chi connectivity index (χ2v) is 4.99. The smallest absolute Gasteiger partial charge is 0.273 e. The Hall–Kier alpha value is -1.52. The first-order valence-corrected chi connectivity index (χ1v) is 6.05. The second kappa shape index (κ2) is 5.70. The standard InChI is InChI=1S/C12H22N4O/c1-7(2)5-6-14-12(17)11-9(13)10(8(3)4)15-16-11/h7-8H,5-6,13H2,1-4H3,(H,14,17)(H,15,16). The fraction of sp³-hybridized carbons (Fsp3) is 0.667. The highest BCUT2D eigenvalue weighted by molar-refractivity contribution is 5.97. The van der Waals surface area contributed by atoms with Gasteiger partial charge in [-0.05, 0) is 18.3 Å². The highest BCUT2D eigenvalue weighted by Crippen LogP contribution is 2.21. The third kappa shape index (κ3) is 3.47. The summed E-state index contributed by atoms with van der Waals surface area (Å²) in [5.41, 5.74) is 7.46. The van der Waals surface area contributed by atoms with E-state index in [9.17, 15) is 4.79 Å². The van der Waals surface area contributed by atoms with Crippen molar-refractivity contribution in [2.45, 2.75) is 40.0 Å². The summed E-state index contributed by atoms with van der Waals surface area (Å²) in [6.45, 7) is 8.90. The van der Waals surface area contributed by atoms with Crippen molar-refractivity contribution in [2.24, 2.45) is 5.92 Å². The molecule has 5 heteroatoms. The zero-order chi connectivity index (χ0) is 13.0. The van der Waals surface area contributed by atoms with Gasteiger partial charge in [-0.25, -0.2) is 0 Å². The van der Waals surface area contributed by atoms with Gasteiger partial charge in [-0.3, -0.25) is 9.89 Å². The molecule has 4 N–H and O–H groups in total. The average molecular weight is 238 g/mol. The number of hydrogen-bond acceptors (Lipinski definition) is 3. The second-order valence-electron chi connectivity index (χ2n) is 4.99. The fourth-order valence-corrected chi connectivity index (χ4v) is 1.54. The van der Waals surface area contributed by atoms with Gasteiger partial charge >= 0.3 is 0 Å². The van der Waals surface area contributed by atoms with E-state index in [-0.39, 0.29) is 11.8 Å². The number of anilines is 1. The molecule has 96 valence electrons. The number of rotatable bonds is 5. The summed E-state index contributed by atoms with van der Waals surface area (Å²) in [6, 6.07) is 0. The number of nitrogen functional groups attached to an aromatic ring is 1. The quantitative estimate of drug-likeness (QED) is 0.732. The Labute approximate surface area is 102 Å². The van der Waals surface area contributed by atoms with Crippen LogP contribution in [0.4, 0.5) is 5.69 Å². The van der Waals surface area contributed by atoms with E-state index >= 15 is 0 Å². The molecule has 0 atom stereocenters. The molecule has 0 aliphatic rings. The summed E-state index contributed by atoms with van der Waals surface area (Å²) in [6.07, 6.45) is 0.951. The van der Waals surface area contributed by atoms with Gasteiger partial charge in [0.25, 0.3) is 5.91 Å². The minimum Gasteiger partial charge on any atom is -0.395 e. The topological polar surface area (TPSA) is 83.8 Å². The summed E-state index contributed by atoms with van der Waals surface area (Å²) in [7, 11) is 0. The molecule has 1 rings (SSSR count). The summed E-state index contributed by atoms with van der Waals surface area (Å²) >= 11 is 0. The predicted molar refractivity (Wildman–Crippen MR) is 68.9 cm³/mol. The molecule has 0 aromatic carbocycles. The number of nitrogens with one attached hydrogen (secondary N) is 2. The Kier molecular flexibility index (Phi) is 4.54. The predicted octanol–water partition coefficient (Wildman–Crippen LogP) is 1.89. The largest absolute Gasteiger partial charge is 0.395 e. The Morgan fingerprint density at radius 3 is 2.53 bits per heavy atom. The van der Waals surface area contributed by atoms with Crippen molar-refractivity contribution in [3.05, 3.63) is 11.4 Å². The molecule has 1 aromatic heterocycles. The molecule has 0 fully saturated rings. The van der Waals surface area contributed by atoms with Gasteiger partial charge < -0.3 is 11.1 Å². The number of carbonyl (C=O) groups is 1. The van der Waals surface area contributed by atoms with Crippen molar-refractivity contribution in [1.29, 1.82) is 0 Å². The molecule has 0 saturated heterocycles. The van der Waals surface area contributed by atoms with E-state index < -0.39 is 0 Å². The molecular weight excluding hydrogens is 216 g/mol. The highest BCUT2D eigenvalue weighted by Gasteiger charge is 2.18. The van der Waals surface area contributed by atoms with Crippen molar-refractivity contribution in [3.63, 3.8) is 0 Å². The minimum absolute atomic E-state index is 0.202. The molecule has 0 bridgehead atoms. The maximum atomic E-state index is 11.8. The number of carbonyl (C=O) groups excluding carboxylic acids is 1. The van der Waals surface area contributed by atoms with E-state index in [0.29, 0.717) is 23.8 Å². The van der Waals surface area contributed by atoms with Crippen LogP contribution in [0.1, 0.15) is 56.2 Å². The molecular formula is C12H22N4O. The first kappa shape index (κ1) is 13.5. The zero-order valence-electron chi connectivity index (χ0n) is 11.0. The number of nitrogens with zero attached hydrogens (tertiary/aromatic N) is 1. The van der Waals surface area contributed by atoms with E-state index in [0.717, 1.165) is 12.1 Å². The monoisotopic (exact) mass is 238 g/mol. The van der Waals surface area contributed by atoms with Gasteiger partial charge in [-0.2, -0.15) is 5.10 Å². The molecule has 0 aliphatic heterocycles. The van der Waals surface area contributed by atoms with Gasteiger partial charge in [-0.15, -0.1) is 0 Å². The molecule has 17 heavy (non-hydrogen) atoms. The Balaban J connectivity index is 2.63. The Bertz CT molecular complexity index is 382. The number of aromatic amines is 1. The van der Waals surface area contributed by atoms with Crippen molar-refractivity contribution < 1.29 is 4.79 Å². The van der Waals surface area contributed by atoms with Crippen molar-refractivity contribution in [2.75, 3.05) is 12.3 Å². The number of amides is 1. The molecule has 0 radical (unpaired) electrons. The molecule has 0 saturated carbocycles. The molecule has 1 amide bonds. The third-order valence-electron chi connectivity index (χ3n) is 2.63. The van der Waals surface area contributed by atoms with Gasteiger partial charge in [0, 0.05) is 6.54 Å². The van der Waals surface area contributed by atoms with Crippen LogP contribution in [0.2, 0.25) is 0 Å². The minimum atomic E-state index is -0.202. The average Bonchev–Trinajstić information content (AvgIpc) is 2.59. The Morgan fingerprint density at radius 1 is 1.41 bits per heavy atom. The van der Waals surface area contributed by atoms with Gasteiger partial charge in [0.1, 0.15) is 0 Å². The highest BCUT2D eigenvalue weighted by atomic mass is 16.1. The van der Waals surface area contributed by atoms with Crippen LogP contribution in [0.15, 0.2) is 0 Å². The molecule has 0 unspecified atom stereocenters. The molecule has 0 aliphatic carbocycles. The van der Waals surface area contributed by atoms with E-state index in [4.69, 9.17) is 5.73 Å². The Morgan fingerprint density at radius 2 is 2.06 bits per heavy atom. The lowest BCUT2D eigenvalue weighted by molar-refractivity contribution is 0.0948. The molecule has 1 aromatic rings. The lowest BCUT2D eigenvalue weighted by Crippen LogP contribution is -2.26. The van der Waals surface area contributed by atoms with Gasteiger partial charge in [0.05, 0.1) is 11.4 Å². The van der Waals surface area contributed by atoms with Crippen LogP contribution < -0.4 is 11.1 Å². The van der Waals surface area contributed by atoms with Crippen LogP contribution in [-0.2, 0) is 0 Å². The summed E-state index contributed by atoms with van der Waals surface area (Å²) < 4.78 is 0. The first-order chi connectivity index (χ1) is 7.93. The van der Waals surface area contributed by atoms with Crippen molar-refractivity contribution in [3.8, 4) is 0 Å². The van der Waals surface area contributed by atoms with E-state index in [1.807, 2.05) is 13.8 Å². The van der Waals surface area contributed by atoms with Crippen LogP contribution in [0.5, 0.6) is 0 Å². The van der Waals surface area contributed by atoms with E-state index in [1.165, 1.54) is 0 Å². The third-order valence-corrected chi connectivity index (χ3v) is 2.63. The fourth-order valence-electron chi connectivity index (χ4n) is 1.54. The number of H-pyrrole nitrogens is 1.